The Kier molecular flexibility index (Phi) is 9.95. The molecule has 45 heavy (non-hydrogen) atoms. The number of ether oxygens (including phenoxy) is 1. The van der Waals surface area contributed by atoms with E-state index in [0.717, 1.165) is 4.90 Å². The molecule has 0 aliphatic carbocycles. The van der Waals surface area contributed by atoms with E-state index >= 15 is 0 Å². The monoisotopic (exact) mass is 635 g/mol. The van der Waals surface area contributed by atoms with Crippen LogP contribution in [-0.4, -0.2) is 71.7 Å². The number of hydrogen-bond acceptors (Lipinski definition) is 8. The summed E-state index contributed by atoms with van der Waals surface area (Å²) in [5, 5.41) is 0.567. The van der Waals surface area contributed by atoms with E-state index in [0.29, 0.717) is 76.8 Å². The lowest BCUT2D eigenvalue weighted by Gasteiger charge is -2.25. The standard InChI is InChI=1S/C32H31ClN4O8/c1-2-37(30(40)19-43-23-7-5-22(33)6-8-23)16-15-36(13-11-26(38)20-3-9-24-28(17-20)44-31(41)34-24)14-12-27(39)21-4-10-25-29(18-21)45-32(42)35-25/h3-10,17-18H,2,11-16,19H2,1H3,(H,34,41)(H,35,42)/p+1. The van der Waals surface area contributed by atoms with E-state index in [4.69, 9.17) is 25.2 Å². The van der Waals surface area contributed by atoms with Gasteiger partial charge in [0.2, 0.25) is 0 Å². The zero-order valence-corrected chi connectivity index (χ0v) is 25.3. The molecule has 0 unspecified atom stereocenters. The molecule has 3 N–H and O–H groups in total. The van der Waals surface area contributed by atoms with Gasteiger partial charge in [0.25, 0.3) is 5.91 Å². The molecule has 0 saturated heterocycles. The summed E-state index contributed by atoms with van der Waals surface area (Å²) in [5.41, 5.74) is 2.42. The first-order valence-corrected chi connectivity index (χ1v) is 14.9. The lowest BCUT2D eigenvalue weighted by Crippen LogP contribution is -3.13. The zero-order chi connectivity index (χ0) is 31.9. The zero-order valence-electron chi connectivity index (χ0n) is 24.5. The Labute approximate surface area is 261 Å². The number of rotatable bonds is 15. The molecule has 0 aliphatic heterocycles. The molecule has 0 aliphatic rings. The predicted molar refractivity (Wildman–Crippen MR) is 166 cm³/mol. The number of Topliss-reactive ketones (excluding diaryl/α,β-unsaturated/α-hetero) is 2. The summed E-state index contributed by atoms with van der Waals surface area (Å²) < 4.78 is 15.8. The number of quaternary nitrogens is 1. The van der Waals surface area contributed by atoms with Gasteiger partial charge in [-0.05, 0) is 67.6 Å². The number of likely N-dealkylation sites (N-methyl/N-ethyl adjacent to an activating group) is 1. The van der Waals surface area contributed by atoms with Gasteiger partial charge in [0.1, 0.15) is 5.75 Å². The second-order valence-corrected chi connectivity index (χ2v) is 10.9. The number of carbonyl (C=O) groups excluding carboxylic acids is 3. The Balaban J connectivity index is 1.23. The van der Waals surface area contributed by atoms with E-state index in [1.807, 2.05) is 6.92 Å². The first-order valence-electron chi connectivity index (χ1n) is 14.5. The van der Waals surface area contributed by atoms with Gasteiger partial charge in [-0.2, -0.15) is 0 Å². The Morgan fingerprint density at radius 2 is 1.33 bits per heavy atom. The molecule has 5 aromatic rings. The van der Waals surface area contributed by atoms with Gasteiger partial charge in [-0.1, -0.05) is 11.6 Å². The Morgan fingerprint density at radius 1 is 0.800 bits per heavy atom. The fourth-order valence-corrected chi connectivity index (χ4v) is 5.13. The minimum atomic E-state index is -0.596. The highest BCUT2D eigenvalue weighted by atomic mass is 35.5. The van der Waals surface area contributed by atoms with Crippen molar-refractivity contribution in [3.63, 3.8) is 0 Å². The molecule has 3 aromatic carbocycles. The predicted octanol–water partition coefficient (Wildman–Crippen LogP) is 2.87. The number of H-pyrrole nitrogens is 2. The van der Waals surface area contributed by atoms with E-state index in [-0.39, 0.29) is 36.9 Å². The van der Waals surface area contributed by atoms with Crippen LogP contribution in [-0.2, 0) is 4.79 Å². The Morgan fingerprint density at radius 3 is 1.84 bits per heavy atom. The molecule has 0 radical (unpaired) electrons. The average molecular weight is 636 g/mol. The molecule has 5 rings (SSSR count). The van der Waals surface area contributed by atoms with Crippen molar-refractivity contribution in [3.8, 4) is 5.75 Å². The molecule has 13 heteroatoms. The highest BCUT2D eigenvalue weighted by Crippen LogP contribution is 2.16. The minimum Gasteiger partial charge on any atom is -0.484 e. The van der Waals surface area contributed by atoms with Crippen molar-refractivity contribution in [3.05, 3.63) is 97.9 Å². The number of amides is 1. The van der Waals surface area contributed by atoms with Crippen molar-refractivity contribution in [1.82, 2.24) is 14.9 Å². The summed E-state index contributed by atoms with van der Waals surface area (Å²) >= 11 is 5.92. The number of nitrogens with zero attached hydrogens (tertiary/aromatic N) is 1. The van der Waals surface area contributed by atoms with E-state index in [1.54, 1.807) is 53.4 Å². The first-order chi connectivity index (χ1) is 21.7. The second-order valence-electron chi connectivity index (χ2n) is 10.5. The molecule has 0 spiro atoms. The summed E-state index contributed by atoms with van der Waals surface area (Å²) in [5.74, 6) is -1.14. The van der Waals surface area contributed by atoms with Crippen molar-refractivity contribution in [2.24, 2.45) is 0 Å². The second kappa shape index (κ2) is 14.2. The van der Waals surface area contributed by atoms with E-state index in [1.165, 1.54) is 12.1 Å². The van der Waals surface area contributed by atoms with Crippen molar-refractivity contribution < 1.29 is 32.9 Å². The van der Waals surface area contributed by atoms with Crippen LogP contribution >= 0.6 is 11.6 Å². The maximum atomic E-state index is 13.1. The molecule has 2 aromatic heterocycles. The normalized spacial score (nSPS) is 11.4. The number of oxazole rings is 2. The van der Waals surface area contributed by atoms with Crippen LogP contribution in [0.4, 0.5) is 0 Å². The number of carbonyl (C=O) groups is 3. The van der Waals surface area contributed by atoms with Crippen molar-refractivity contribution >= 4 is 51.3 Å². The summed E-state index contributed by atoms with van der Waals surface area (Å²) in [6.45, 7) is 3.86. The van der Waals surface area contributed by atoms with Gasteiger partial charge < -0.3 is 23.4 Å². The van der Waals surface area contributed by atoms with Crippen molar-refractivity contribution in [2.75, 3.05) is 39.3 Å². The summed E-state index contributed by atoms with van der Waals surface area (Å²) in [6, 6.07) is 16.3. The fraction of sp³-hybridized carbons (Fsp3) is 0.281. The fourth-order valence-electron chi connectivity index (χ4n) is 5.00. The molecule has 0 bridgehead atoms. The number of aromatic nitrogens is 2. The van der Waals surface area contributed by atoms with Gasteiger partial charge in [0, 0.05) is 22.7 Å². The van der Waals surface area contributed by atoms with Crippen LogP contribution in [0.3, 0.4) is 0 Å². The highest BCUT2D eigenvalue weighted by Gasteiger charge is 2.20. The first kappa shape index (κ1) is 31.5. The third-order valence-corrected chi connectivity index (χ3v) is 7.79. The van der Waals surface area contributed by atoms with Crippen molar-refractivity contribution in [2.45, 2.75) is 19.8 Å². The third kappa shape index (κ3) is 8.16. The van der Waals surface area contributed by atoms with Crippen LogP contribution in [0.5, 0.6) is 5.75 Å². The van der Waals surface area contributed by atoms with E-state index in [9.17, 15) is 24.0 Å². The number of fused-ring (bicyclic) bond motifs is 2. The van der Waals surface area contributed by atoms with Gasteiger partial charge in [0.05, 0.1) is 50.1 Å². The number of aromatic amines is 2. The Hall–Kier alpha value is -4.94. The maximum absolute atomic E-state index is 13.1. The van der Waals surface area contributed by atoms with Crippen LogP contribution in [0.2, 0.25) is 5.02 Å². The minimum absolute atomic E-state index is 0.141. The van der Waals surface area contributed by atoms with Gasteiger partial charge in [-0.3, -0.25) is 24.4 Å². The maximum Gasteiger partial charge on any atom is 0.417 e. The summed E-state index contributed by atoms with van der Waals surface area (Å²) in [6.07, 6.45) is 0.341. The van der Waals surface area contributed by atoms with E-state index in [2.05, 4.69) is 9.97 Å². The van der Waals surface area contributed by atoms with Crippen LogP contribution in [0.15, 0.2) is 79.1 Å². The average Bonchev–Trinajstić information content (AvgIpc) is 3.60. The number of nitrogens with one attached hydrogen (secondary N) is 3. The van der Waals surface area contributed by atoms with Gasteiger partial charge in [-0.25, -0.2) is 9.59 Å². The lowest BCUT2D eigenvalue weighted by atomic mass is 10.1. The SMILES string of the molecule is CCN(CC[NH+](CCC(=O)c1ccc2[nH]c(=O)oc2c1)CCC(=O)c1ccc2[nH]c(=O)oc2c1)C(=O)COc1ccc(Cl)cc1. The van der Waals surface area contributed by atoms with Gasteiger partial charge in [-0.15, -0.1) is 0 Å². The molecule has 0 saturated carbocycles. The van der Waals surface area contributed by atoms with Crippen LogP contribution in [0, 0.1) is 0 Å². The smallest absolute Gasteiger partial charge is 0.417 e. The van der Waals surface area contributed by atoms with Crippen LogP contribution in [0.1, 0.15) is 40.5 Å². The molecule has 2 heterocycles. The number of ketones is 2. The topological polar surface area (TPSA) is 160 Å². The molecule has 234 valence electrons. The third-order valence-electron chi connectivity index (χ3n) is 7.54. The highest BCUT2D eigenvalue weighted by molar-refractivity contribution is 6.30. The quantitative estimate of drug-likeness (QED) is 0.148. The number of hydrogen-bond donors (Lipinski definition) is 3. The van der Waals surface area contributed by atoms with Gasteiger partial charge in [0.15, 0.2) is 29.3 Å². The number of benzene rings is 3. The molecular weight excluding hydrogens is 604 g/mol. The van der Waals surface area contributed by atoms with Crippen LogP contribution < -0.4 is 21.1 Å². The molecule has 0 atom stereocenters. The molecular formula is C32H32ClN4O8+. The lowest BCUT2D eigenvalue weighted by molar-refractivity contribution is -0.898. The van der Waals surface area contributed by atoms with Gasteiger partial charge >= 0.3 is 11.5 Å². The summed E-state index contributed by atoms with van der Waals surface area (Å²) in [7, 11) is 0. The summed E-state index contributed by atoms with van der Waals surface area (Å²) in [4.78, 5) is 69.8. The number of halogens is 1. The molecule has 12 nitrogen and oxygen atoms in total. The molecule has 1 amide bonds. The van der Waals surface area contributed by atoms with Crippen LogP contribution in [0.25, 0.3) is 22.2 Å². The Bertz CT molecular complexity index is 1830. The van der Waals surface area contributed by atoms with Crippen molar-refractivity contribution in [1.29, 1.82) is 0 Å². The molecule has 0 fully saturated rings. The van der Waals surface area contributed by atoms with E-state index < -0.39 is 11.5 Å². The largest absolute Gasteiger partial charge is 0.484 e.